The molecule has 346 valence electrons. The van der Waals surface area contributed by atoms with Crippen LogP contribution in [0.2, 0.25) is 0 Å². The molecule has 0 N–H and O–H groups in total. The van der Waals surface area contributed by atoms with Crippen LogP contribution in [0.25, 0.3) is 94.5 Å². The lowest BCUT2D eigenvalue weighted by Gasteiger charge is -2.42. The summed E-state index contributed by atoms with van der Waals surface area (Å²) >= 11 is 0. The first-order chi connectivity index (χ1) is 45.4. The first-order valence-corrected chi connectivity index (χ1v) is 22.8. The van der Waals surface area contributed by atoms with Crippen LogP contribution < -0.4 is 9.30 Å². The van der Waals surface area contributed by atoms with Crippen LogP contribution in [0.15, 0.2) is 194 Å². The standard InChI is InChI=1S/C66H57N4O/c1-64(2,3)43-32-35-67-61(36-43)70-58-28-14-13-24-50(58)51-31-30-46(38-60(51)70)71-45-21-15-20-44(37-45)68-41-69-62-47(42-18-9-8-10-19-42)25-16-26-53(62)55-40-57-56(65(4,5)33-34-66(57,6)7)39-54(55)49-23-12-11-22-48(49)52-27-17-29-59(68)63(52)69/h8-32,35-41H,33-34H2,1-7H3/q+1/i4D3,5D3,6D3,7D3,8D,9D,10D,11D,12D,18D,19D,22D,23D,33D2,34D2,39D,40D. The maximum Gasteiger partial charge on any atom is 0.255 e. The number of fused-ring (bicyclic) bond motifs is 11. The second-order valence-electron chi connectivity index (χ2n) is 18.8. The number of rotatable bonds is 5. The molecule has 3 aromatic heterocycles. The SMILES string of the molecule is [2H]c1c([2H])c([2H])c(-c2cccc3c2-[n+]2cn(-c4cccc(Oc5ccc6c7ccccc7n(-c7cc(C(C)(C)C)ccn7)c6c5)c4)c4cccc(c42)-c2c([2H])c([2H])c([2H])c([2H])c2-c2c([2H])c4c(c([2H])c2-3)C(C([2H])([2H])[2H])(C([2H])([2H])[2H])C([2H])([2H])C([2H])([2H])C4(C([2H])([2H])[2H])C([2H])([2H])[2H])c([2H])c1[2H]. The van der Waals surface area contributed by atoms with E-state index < -0.39 is 162 Å². The highest BCUT2D eigenvalue weighted by atomic mass is 16.5. The molecule has 11 aromatic rings. The third kappa shape index (κ3) is 6.88. The summed E-state index contributed by atoms with van der Waals surface area (Å²) in [5.41, 5.74) is -14.8. The minimum Gasteiger partial charge on any atom is -0.457 e. The molecule has 0 fully saturated rings. The van der Waals surface area contributed by atoms with Gasteiger partial charge >= 0.3 is 0 Å². The summed E-state index contributed by atoms with van der Waals surface area (Å²) in [6.45, 7) is -11.4. The van der Waals surface area contributed by atoms with Gasteiger partial charge in [-0.25, -0.2) is 4.98 Å². The molecule has 71 heavy (non-hydrogen) atoms. The molecule has 0 saturated heterocycles. The predicted molar refractivity (Wildman–Crippen MR) is 293 cm³/mol. The Kier molecular flexibility index (Phi) is 5.16. The van der Waals surface area contributed by atoms with E-state index in [-0.39, 0.29) is 39.0 Å². The molecule has 0 amide bonds. The van der Waals surface area contributed by atoms with Gasteiger partial charge in [-0.3, -0.25) is 4.57 Å². The van der Waals surface area contributed by atoms with E-state index in [1.807, 2.05) is 53.1 Å². The molecule has 0 saturated carbocycles. The minimum atomic E-state index is -4.71. The highest BCUT2D eigenvalue weighted by Gasteiger charge is 2.39. The summed E-state index contributed by atoms with van der Waals surface area (Å²) in [6.07, 6.45) is -6.22. The number of benzene rings is 8. The molecule has 8 aromatic carbocycles. The van der Waals surface area contributed by atoms with Crippen molar-refractivity contribution in [1.29, 1.82) is 0 Å². The van der Waals surface area contributed by atoms with E-state index in [4.69, 9.17) is 30.3 Å². The van der Waals surface area contributed by atoms with E-state index >= 15 is 0 Å². The topological polar surface area (TPSA) is 35.9 Å². The van der Waals surface area contributed by atoms with E-state index in [1.165, 1.54) is 41.2 Å². The van der Waals surface area contributed by atoms with Crippen LogP contribution in [0.3, 0.4) is 0 Å². The number of hydrogen-bond donors (Lipinski definition) is 0. The Labute approximate surface area is 454 Å². The maximum absolute atomic E-state index is 10.7. The van der Waals surface area contributed by atoms with Gasteiger partial charge in [-0.1, -0.05) is 151 Å². The van der Waals surface area contributed by atoms with Gasteiger partial charge in [0.05, 0.1) is 26.1 Å². The Hall–Kier alpha value is -8.02. The molecule has 0 bridgehead atoms. The van der Waals surface area contributed by atoms with E-state index in [9.17, 15) is 16.4 Å². The molecule has 0 spiro atoms. The Bertz CT molecular complexity index is 5220. The first-order valence-electron chi connectivity index (χ1n) is 36.3. The third-order valence-corrected chi connectivity index (χ3v) is 13.3. The lowest BCUT2D eigenvalue weighted by atomic mass is 9.62. The van der Waals surface area contributed by atoms with Gasteiger partial charge in [-0.05, 0) is 140 Å². The Morgan fingerprint density at radius 1 is 0.606 bits per heavy atom. The zero-order chi connectivity index (χ0) is 71.5. The van der Waals surface area contributed by atoms with Crippen molar-refractivity contribution < 1.29 is 46.3 Å². The molecule has 1 aliphatic carbocycles. The third-order valence-electron chi connectivity index (χ3n) is 13.3. The van der Waals surface area contributed by atoms with Crippen molar-refractivity contribution >= 4 is 32.8 Å². The summed E-state index contributed by atoms with van der Waals surface area (Å²) in [5, 5.41) is 1.86. The van der Waals surface area contributed by atoms with Crippen molar-refractivity contribution in [1.82, 2.24) is 14.1 Å². The molecule has 0 radical (unpaired) electrons. The van der Waals surface area contributed by atoms with Crippen LogP contribution >= 0.6 is 0 Å². The fourth-order valence-corrected chi connectivity index (χ4v) is 9.95. The normalized spacial score (nSPS) is 22.2. The molecule has 4 heterocycles. The van der Waals surface area contributed by atoms with Gasteiger partial charge in [0.2, 0.25) is 0 Å². The van der Waals surface area contributed by atoms with Crippen molar-refractivity contribution in [2.45, 2.75) is 77.2 Å². The van der Waals surface area contributed by atoms with Crippen LogP contribution in [-0.4, -0.2) is 14.1 Å². The van der Waals surface area contributed by atoms with Crippen molar-refractivity contribution in [2.24, 2.45) is 0 Å². The van der Waals surface area contributed by atoms with Crippen LogP contribution in [0.1, 0.15) is 115 Å². The average Bonchev–Trinajstić information content (AvgIpc) is 0.708. The average molecular weight is 949 g/mol. The Balaban J connectivity index is 1.19. The van der Waals surface area contributed by atoms with Gasteiger partial charge in [-0.2, -0.15) is 9.13 Å². The summed E-state index contributed by atoms with van der Waals surface area (Å²) in [4.78, 5) is 4.81. The van der Waals surface area contributed by atoms with E-state index in [0.717, 1.165) is 27.4 Å². The van der Waals surface area contributed by atoms with Crippen LogP contribution in [0.4, 0.5) is 0 Å². The zero-order valence-corrected chi connectivity index (χ0v) is 38.3. The fraction of sp³-hybridized carbons (Fsp3) is 0.182. The van der Waals surface area contributed by atoms with Crippen molar-refractivity contribution in [2.75, 3.05) is 0 Å². The highest BCUT2D eigenvalue weighted by molar-refractivity contribution is 6.09. The molecule has 0 unspecified atom stereocenters. The lowest BCUT2D eigenvalue weighted by Crippen LogP contribution is -2.34. The van der Waals surface area contributed by atoms with Gasteiger partial charge in [0.25, 0.3) is 6.33 Å². The molecule has 2 aliphatic rings. The first kappa shape index (κ1) is 23.3. The smallest absolute Gasteiger partial charge is 0.255 e. The Morgan fingerprint density at radius 2 is 1.25 bits per heavy atom. The van der Waals surface area contributed by atoms with Crippen molar-refractivity contribution in [3.8, 4) is 73.2 Å². The number of nitrogens with zero attached hydrogens (tertiary/aromatic N) is 4. The summed E-state index contributed by atoms with van der Waals surface area (Å²) in [6, 6.07) is 21.2. The molecular formula is C66H57N4O+. The molecule has 13 rings (SSSR count). The number of ether oxygens (including phenoxy) is 1. The summed E-state index contributed by atoms with van der Waals surface area (Å²) in [7, 11) is 0. The zero-order valence-electron chi connectivity index (χ0n) is 65.3. The number of pyridine rings is 1. The molecule has 5 nitrogen and oxygen atoms in total. The highest BCUT2D eigenvalue weighted by Crippen LogP contribution is 2.52. The van der Waals surface area contributed by atoms with Crippen molar-refractivity contribution in [3.05, 3.63) is 211 Å². The maximum atomic E-state index is 10.7. The number of hydrogen-bond acceptors (Lipinski definition) is 2. The fourth-order valence-electron chi connectivity index (χ4n) is 9.95. The number of para-hydroxylation sites is 3. The Morgan fingerprint density at radius 3 is 2.03 bits per heavy atom. The van der Waals surface area contributed by atoms with Gasteiger partial charge in [0, 0.05) is 67.7 Å². The van der Waals surface area contributed by atoms with E-state index in [1.54, 1.807) is 47.2 Å². The van der Waals surface area contributed by atoms with E-state index in [2.05, 4.69) is 20.8 Å². The number of aromatic nitrogens is 4. The molecule has 0 atom stereocenters. The van der Waals surface area contributed by atoms with Crippen LogP contribution in [0, 0.1) is 0 Å². The van der Waals surface area contributed by atoms with Gasteiger partial charge in [0.15, 0.2) is 11.0 Å². The van der Waals surface area contributed by atoms with Crippen molar-refractivity contribution in [3.63, 3.8) is 0 Å². The molecule has 5 heteroatoms. The van der Waals surface area contributed by atoms with Crippen LogP contribution in [0.5, 0.6) is 11.5 Å². The molecule has 1 aliphatic heterocycles. The quantitative estimate of drug-likeness (QED) is 0.161. The second-order valence-corrected chi connectivity index (χ2v) is 18.8. The van der Waals surface area contributed by atoms with Crippen LogP contribution in [-0.2, 0) is 16.2 Å². The lowest BCUT2D eigenvalue weighted by molar-refractivity contribution is -0.566. The van der Waals surface area contributed by atoms with Gasteiger partial charge < -0.3 is 4.74 Å². The monoisotopic (exact) mass is 949 g/mol. The number of imidazole rings is 1. The van der Waals surface area contributed by atoms with Gasteiger partial charge in [0.1, 0.15) is 28.7 Å². The summed E-state index contributed by atoms with van der Waals surface area (Å²) < 4.78 is 265. The second kappa shape index (κ2) is 15.7. The largest absolute Gasteiger partial charge is 0.457 e. The van der Waals surface area contributed by atoms with E-state index in [0.29, 0.717) is 17.3 Å². The summed E-state index contributed by atoms with van der Waals surface area (Å²) in [5.74, 6) is 1.33. The minimum absolute atomic E-state index is 0.0319. The molecular weight excluding hydrogens is 865 g/mol. The predicted octanol–water partition coefficient (Wildman–Crippen LogP) is 16.8. The van der Waals surface area contributed by atoms with Gasteiger partial charge in [-0.15, -0.1) is 0 Å².